The summed E-state index contributed by atoms with van der Waals surface area (Å²) >= 11 is 0. The largest absolute Gasteiger partial charge is 0.352 e. The fraction of sp³-hybridized carbons (Fsp3) is 0.409. The van der Waals surface area contributed by atoms with E-state index < -0.39 is 15.8 Å². The fourth-order valence-corrected chi connectivity index (χ4v) is 4.78. The highest BCUT2D eigenvalue weighted by Gasteiger charge is 2.18. The lowest BCUT2D eigenvalue weighted by Gasteiger charge is -2.32. The lowest BCUT2D eigenvalue weighted by Crippen LogP contribution is -2.45. The van der Waals surface area contributed by atoms with E-state index in [9.17, 15) is 17.6 Å². The molecule has 9 heteroatoms. The molecule has 1 aliphatic rings. The molecule has 0 radical (unpaired) electrons. The van der Waals surface area contributed by atoms with Gasteiger partial charge in [-0.2, -0.15) is 0 Å². The van der Waals surface area contributed by atoms with Gasteiger partial charge in [0.1, 0.15) is 5.82 Å². The van der Waals surface area contributed by atoms with Crippen LogP contribution in [0.3, 0.4) is 0 Å². The predicted molar refractivity (Wildman–Crippen MR) is 119 cm³/mol. The van der Waals surface area contributed by atoms with Crippen LogP contribution in [0, 0.1) is 12.7 Å². The Hall–Kier alpha value is -2.49. The number of hydrogen-bond donors (Lipinski definition) is 2. The third-order valence-corrected chi connectivity index (χ3v) is 6.90. The molecule has 0 spiro atoms. The number of anilines is 1. The van der Waals surface area contributed by atoms with Crippen LogP contribution in [0.2, 0.25) is 0 Å². The molecule has 0 unspecified atom stereocenters. The molecular formula is C22H29FN4O3S. The molecule has 7 nitrogen and oxygen atoms in total. The maximum atomic E-state index is 13.2. The van der Waals surface area contributed by atoms with Crippen LogP contribution in [0.5, 0.6) is 0 Å². The third-order valence-electron chi connectivity index (χ3n) is 5.36. The number of sulfonamides is 1. The van der Waals surface area contributed by atoms with E-state index in [1.54, 1.807) is 12.1 Å². The average Bonchev–Trinajstić information content (AvgIpc) is 2.72. The number of carbonyl (C=O) groups is 1. The molecule has 31 heavy (non-hydrogen) atoms. The molecule has 1 aliphatic heterocycles. The van der Waals surface area contributed by atoms with Crippen LogP contribution < -0.4 is 10.0 Å². The van der Waals surface area contributed by atoms with Gasteiger partial charge in [-0.05, 0) is 75.0 Å². The monoisotopic (exact) mass is 448 g/mol. The molecule has 0 saturated carbocycles. The summed E-state index contributed by atoms with van der Waals surface area (Å²) in [7, 11) is -1.73. The molecule has 168 valence electrons. The van der Waals surface area contributed by atoms with E-state index in [0.717, 1.165) is 45.2 Å². The van der Waals surface area contributed by atoms with Crippen molar-refractivity contribution in [1.82, 2.24) is 15.1 Å². The van der Waals surface area contributed by atoms with Crippen molar-refractivity contribution in [3.8, 4) is 0 Å². The zero-order valence-electron chi connectivity index (χ0n) is 17.9. The van der Waals surface area contributed by atoms with Crippen LogP contribution in [-0.4, -0.2) is 70.4 Å². The first kappa shape index (κ1) is 23.2. The lowest BCUT2D eigenvalue weighted by molar-refractivity contribution is 0.0949. The molecule has 0 atom stereocenters. The highest BCUT2D eigenvalue weighted by atomic mass is 32.2. The minimum atomic E-state index is -3.85. The smallest absolute Gasteiger partial charge is 0.262 e. The normalized spacial score (nSPS) is 15.6. The third kappa shape index (κ3) is 6.49. The predicted octanol–water partition coefficient (Wildman–Crippen LogP) is 2.30. The molecule has 1 fully saturated rings. The summed E-state index contributed by atoms with van der Waals surface area (Å²) in [4.78, 5) is 17.0. The minimum Gasteiger partial charge on any atom is -0.352 e. The van der Waals surface area contributed by atoms with Crippen LogP contribution >= 0.6 is 0 Å². The van der Waals surface area contributed by atoms with Crippen LogP contribution in [0.15, 0.2) is 47.4 Å². The number of halogens is 1. The maximum absolute atomic E-state index is 13.2. The number of benzene rings is 2. The number of piperazine rings is 1. The van der Waals surface area contributed by atoms with Crippen LogP contribution in [0.4, 0.5) is 10.1 Å². The Morgan fingerprint density at radius 1 is 1.06 bits per heavy atom. The minimum absolute atomic E-state index is 0.0103. The first-order valence-electron chi connectivity index (χ1n) is 10.3. The number of amides is 1. The van der Waals surface area contributed by atoms with Crippen molar-refractivity contribution in [2.45, 2.75) is 18.2 Å². The van der Waals surface area contributed by atoms with Crippen molar-refractivity contribution >= 4 is 21.6 Å². The highest BCUT2D eigenvalue weighted by Crippen LogP contribution is 2.20. The molecular weight excluding hydrogens is 419 g/mol. The second-order valence-electron chi connectivity index (χ2n) is 7.85. The number of aryl methyl sites for hydroxylation is 1. The van der Waals surface area contributed by atoms with Gasteiger partial charge >= 0.3 is 0 Å². The molecule has 3 rings (SSSR count). The zero-order chi connectivity index (χ0) is 22.4. The second kappa shape index (κ2) is 10.2. The van der Waals surface area contributed by atoms with Gasteiger partial charge in [0.2, 0.25) is 0 Å². The zero-order valence-corrected chi connectivity index (χ0v) is 18.7. The average molecular weight is 449 g/mol. The van der Waals surface area contributed by atoms with Gasteiger partial charge in [-0.3, -0.25) is 9.52 Å². The van der Waals surface area contributed by atoms with Crippen LogP contribution in [0.25, 0.3) is 0 Å². The van der Waals surface area contributed by atoms with Crippen molar-refractivity contribution in [3.63, 3.8) is 0 Å². The second-order valence-corrected chi connectivity index (χ2v) is 9.50. The van der Waals surface area contributed by atoms with Crippen molar-refractivity contribution < 1.29 is 17.6 Å². The van der Waals surface area contributed by atoms with E-state index in [4.69, 9.17) is 0 Å². The number of likely N-dealkylation sites (N-methyl/N-ethyl adjacent to an activating group) is 1. The molecule has 2 N–H and O–H groups in total. The Morgan fingerprint density at radius 3 is 2.39 bits per heavy atom. The molecule has 1 amide bonds. The molecule has 0 aliphatic carbocycles. The van der Waals surface area contributed by atoms with Gasteiger partial charge in [0.25, 0.3) is 15.9 Å². The van der Waals surface area contributed by atoms with Gasteiger partial charge in [-0.1, -0.05) is 0 Å². The van der Waals surface area contributed by atoms with E-state index in [1.165, 1.54) is 31.2 Å². The number of carbonyl (C=O) groups excluding carboxylic acids is 1. The first-order valence-corrected chi connectivity index (χ1v) is 11.8. The van der Waals surface area contributed by atoms with Crippen molar-refractivity contribution in [3.05, 3.63) is 59.4 Å². The number of nitrogens with zero attached hydrogens (tertiary/aromatic N) is 2. The lowest BCUT2D eigenvalue weighted by atomic mass is 10.2. The molecule has 1 saturated heterocycles. The highest BCUT2D eigenvalue weighted by molar-refractivity contribution is 7.92. The topological polar surface area (TPSA) is 81.7 Å². The molecule has 0 aromatic heterocycles. The summed E-state index contributed by atoms with van der Waals surface area (Å²) in [6.07, 6.45) is 0.879. The number of nitrogens with one attached hydrogen (secondary N) is 2. The molecule has 1 heterocycles. The van der Waals surface area contributed by atoms with Crippen molar-refractivity contribution in [1.29, 1.82) is 0 Å². The summed E-state index contributed by atoms with van der Waals surface area (Å²) < 4.78 is 40.8. The fourth-order valence-electron chi connectivity index (χ4n) is 3.49. The Kier molecular flexibility index (Phi) is 7.64. The van der Waals surface area contributed by atoms with Gasteiger partial charge < -0.3 is 15.1 Å². The SMILES string of the molecule is Cc1cc(F)ccc1S(=O)(=O)Nc1ccc(C(=O)NCCCN2CCN(C)CC2)cc1. The Morgan fingerprint density at radius 2 is 1.74 bits per heavy atom. The summed E-state index contributed by atoms with van der Waals surface area (Å²) in [5.74, 6) is -0.683. The quantitative estimate of drug-likeness (QED) is 0.606. The van der Waals surface area contributed by atoms with Crippen molar-refractivity contribution in [2.24, 2.45) is 0 Å². The summed E-state index contributed by atoms with van der Waals surface area (Å²) in [6, 6.07) is 9.74. The molecule has 2 aromatic rings. The van der Waals surface area contributed by atoms with Gasteiger partial charge in [0.15, 0.2) is 0 Å². The molecule has 0 bridgehead atoms. The first-order chi connectivity index (χ1) is 14.7. The van der Waals surface area contributed by atoms with Crippen molar-refractivity contribution in [2.75, 3.05) is 51.0 Å². The Bertz CT molecular complexity index is 1000. The van der Waals surface area contributed by atoms with Gasteiger partial charge in [0.05, 0.1) is 4.90 Å². The van der Waals surface area contributed by atoms with E-state index in [1.807, 2.05) is 0 Å². The van der Waals surface area contributed by atoms with Gasteiger partial charge in [-0.25, -0.2) is 12.8 Å². The van der Waals surface area contributed by atoms with E-state index in [2.05, 4.69) is 26.9 Å². The number of hydrogen-bond acceptors (Lipinski definition) is 5. The van der Waals surface area contributed by atoms with Gasteiger partial charge in [0, 0.05) is 44.0 Å². The summed E-state index contributed by atoms with van der Waals surface area (Å²) in [5.41, 5.74) is 1.11. The number of rotatable bonds is 8. The van der Waals surface area contributed by atoms with E-state index >= 15 is 0 Å². The standard InChI is InChI=1S/C22H29FN4O3S/c1-17-16-19(23)6-9-21(17)31(29,30)25-20-7-4-18(5-8-20)22(28)24-10-3-11-27-14-12-26(2)13-15-27/h4-9,16,25H,3,10-15H2,1-2H3,(H,24,28). The van der Waals surface area contributed by atoms with E-state index in [-0.39, 0.29) is 10.8 Å². The summed E-state index contributed by atoms with van der Waals surface area (Å²) in [5, 5.41) is 2.90. The van der Waals surface area contributed by atoms with Gasteiger partial charge in [-0.15, -0.1) is 0 Å². The molecule has 2 aromatic carbocycles. The Labute approximate surface area is 183 Å². The Balaban J connectivity index is 1.49. The van der Waals surface area contributed by atoms with Crippen LogP contribution in [-0.2, 0) is 10.0 Å². The van der Waals surface area contributed by atoms with Crippen LogP contribution in [0.1, 0.15) is 22.3 Å². The summed E-state index contributed by atoms with van der Waals surface area (Å²) in [6.45, 7) is 7.33. The van der Waals surface area contributed by atoms with E-state index in [0.29, 0.717) is 23.4 Å². The maximum Gasteiger partial charge on any atom is 0.262 e.